The monoisotopic (exact) mass is 332 g/mol. The third-order valence-electron chi connectivity index (χ3n) is 2.85. The summed E-state index contributed by atoms with van der Waals surface area (Å²) in [6.07, 6.45) is 2.01. The van der Waals surface area contributed by atoms with Gasteiger partial charge in [0.1, 0.15) is 0 Å². The maximum atomic E-state index is 12.2. The average Bonchev–Trinajstić information content (AvgIpc) is 3.18. The van der Waals surface area contributed by atoms with Crippen molar-refractivity contribution in [2.45, 2.75) is 4.90 Å². The second-order valence-corrected chi connectivity index (χ2v) is 6.88. The van der Waals surface area contributed by atoms with Crippen LogP contribution in [0.3, 0.4) is 0 Å². The smallest absolute Gasteiger partial charge is 0.257 e. The third-order valence-corrected chi connectivity index (χ3v) is 5.24. The molecule has 0 spiro atoms. The van der Waals surface area contributed by atoms with Crippen molar-refractivity contribution in [3.8, 4) is 10.6 Å². The number of rotatable bonds is 4. The number of hydrogen-bond acceptors (Lipinski definition) is 5. The predicted octanol–water partition coefficient (Wildman–Crippen LogP) is 4.85. The van der Waals surface area contributed by atoms with E-state index in [0.717, 1.165) is 15.5 Å². The number of hydrogen-bond donors (Lipinski definition) is 1. The molecule has 6 heteroatoms. The molecule has 21 heavy (non-hydrogen) atoms. The number of thioether (sulfide) groups is 1. The summed E-state index contributed by atoms with van der Waals surface area (Å²) in [4.78, 5) is 18.9. The Labute approximate surface area is 135 Å². The summed E-state index contributed by atoms with van der Waals surface area (Å²) in [5.41, 5.74) is 1.55. The lowest BCUT2D eigenvalue weighted by molar-refractivity contribution is 0.102. The molecule has 3 rings (SSSR count). The van der Waals surface area contributed by atoms with E-state index in [1.54, 1.807) is 23.1 Å². The molecule has 0 aliphatic rings. The Balaban J connectivity index is 1.72. The van der Waals surface area contributed by atoms with Crippen molar-refractivity contribution in [3.63, 3.8) is 0 Å². The van der Waals surface area contributed by atoms with Gasteiger partial charge in [-0.15, -0.1) is 34.4 Å². The Morgan fingerprint density at radius 1 is 1.19 bits per heavy atom. The van der Waals surface area contributed by atoms with Crippen LogP contribution >= 0.6 is 34.4 Å². The van der Waals surface area contributed by atoms with E-state index in [1.807, 2.05) is 53.4 Å². The molecule has 3 aromatic rings. The number of nitrogens with one attached hydrogen (secondary N) is 1. The van der Waals surface area contributed by atoms with Crippen LogP contribution in [0.25, 0.3) is 10.6 Å². The van der Waals surface area contributed by atoms with E-state index in [0.29, 0.717) is 10.7 Å². The van der Waals surface area contributed by atoms with Gasteiger partial charge in [-0.1, -0.05) is 6.07 Å². The lowest BCUT2D eigenvalue weighted by Gasteiger charge is -2.02. The van der Waals surface area contributed by atoms with E-state index in [4.69, 9.17) is 0 Å². The van der Waals surface area contributed by atoms with Crippen molar-refractivity contribution < 1.29 is 4.79 Å². The highest BCUT2D eigenvalue weighted by molar-refractivity contribution is 7.98. The molecule has 3 nitrogen and oxygen atoms in total. The minimum absolute atomic E-state index is 0.130. The number of benzene rings is 1. The quantitative estimate of drug-likeness (QED) is 0.695. The van der Waals surface area contributed by atoms with Gasteiger partial charge in [0.25, 0.3) is 5.91 Å². The molecule has 1 amide bonds. The summed E-state index contributed by atoms with van der Waals surface area (Å²) in [5.74, 6) is -0.130. The highest BCUT2D eigenvalue weighted by Crippen LogP contribution is 2.28. The van der Waals surface area contributed by atoms with Gasteiger partial charge in [0.05, 0.1) is 10.6 Å². The third kappa shape index (κ3) is 3.34. The molecule has 0 atom stereocenters. The lowest BCUT2D eigenvalue weighted by atomic mass is 10.2. The topological polar surface area (TPSA) is 42.0 Å². The van der Waals surface area contributed by atoms with Crippen molar-refractivity contribution in [2.75, 3.05) is 11.6 Å². The Bertz CT molecular complexity index is 733. The second-order valence-electron chi connectivity index (χ2n) is 4.20. The van der Waals surface area contributed by atoms with Gasteiger partial charge in [-0.25, -0.2) is 4.98 Å². The number of carbonyl (C=O) groups is 1. The van der Waals surface area contributed by atoms with Crippen LogP contribution in [0, 0.1) is 0 Å². The van der Waals surface area contributed by atoms with Crippen LogP contribution < -0.4 is 5.32 Å². The molecule has 0 bridgehead atoms. The van der Waals surface area contributed by atoms with Crippen LogP contribution in [0.4, 0.5) is 5.13 Å². The summed E-state index contributed by atoms with van der Waals surface area (Å²) < 4.78 is 0. The molecular formula is C15H12N2OS3. The number of anilines is 1. The molecule has 0 unspecified atom stereocenters. The highest BCUT2D eigenvalue weighted by Gasteiger charge is 2.10. The van der Waals surface area contributed by atoms with Crippen LogP contribution in [-0.4, -0.2) is 17.1 Å². The van der Waals surface area contributed by atoms with Crippen LogP contribution in [0.1, 0.15) is 10.4 Å². The summed E-state index contributed by atoms with van der Waals surface area (Å²) in [6.45, 7) is 0. The van der Waals surface area contributed by atoms with Crippen molar-refractivity contribution in [3.05, 3.63) is 52.7 Å². The summed E-state index contributed by atoms with van der Waals surface area (Å²) in [6, 6.07) is 11.6. The summed E-state index contributed by atoms with van der Waals surface area (Å²) in [7, 11) is 0. The van der Waals surface area contributed by atoms with Gasteiger partial charge in [-0.05, 0) is 42.0 Å². The lowest BCUT2D eigenvalue weighted by Crippen LogP contribution is -2.11. The van der Waals surface area contributed by atoms with E-state index in [9.17, 15) is 4.79 Å². The van der Waals surface area contributed by atoms with Gasteiger partial charge in [0.2, 0.25) is 0 Å². The Morgan fingerprint density at radius 3 is 2.67 bits per heavy atom. The number of aromatic nitrogens is 1. The molecular weight excluding hydrogens is 320 g/mol. The minimum Gasteiger partial charge on any atom is -0.298 e. The molecule has 106 valence electrons. The van der Waals surface area contributed by atoms with E-state index < -0.39 is 0 Å². The standard InChI is InChI=1S/C15H12N2OS3/c1-19-11-6-4-10(5-7-11)14(18)17-15-16-12(9-21-15)13-3-2-8-20-13/h2-9H,1H3,(H,16,17,18). The van der Waals surface area contributed by atoms with Gasteiger partial charge in [-0.3, -0.25) is 10.1 Å². The largest absolute Gasteiger partial charge is 0.298 e. The molecule has 0 saturated heterocycles. The molecule has 2 heterocycles. The maximum absolute atomic E-state index is 12.2. The highest BCUT2D eigenvalue weighted by atomic mass is 32.2. The van der Waals surface area contributed by atoms with Crippen molar-refractivity contribution in [1.29, 1.82) is 0 Å². The molecule has 1 aromatic carbocycles. The first-order valence-corrected chi connectivity index (χ1v) is 9.19. The fraction of sp³-hybridized carbons (Fsp3) is 0.0667. The first-order valence-electron chi connectivity index (χ1n) is 6.21. The zero-order chi connectivity index (χ0) is 14.7. The van der Waals surface area contributed by atoms with Crippen LogP contribution in [0.15, 0.2) is 52.1 Å². The fourth-order valence-corrected chi connectivity index (χ4v) is 3.65. The van der Waals surface area contributed by atoms with Crippen LogP contribution in [-0.2, 0) is 0 Å². The van der Waals surface area contributed by atoms with Gasteiger partial charge in [-0.2, -0.15) is 0 Å². The maximum Gasteiger partial charge on any atom is 0.257 e. The van der Waals surface area contributed by atoms with E-state index in [-0.39, 0.29) is 5.91 Å². The number of thiophene rings is 1. The van der Waals surface area contributed by atoms with Gasteiger partial charge >= 0.3 is 0 Å². The summed E-state index contributed by atoms with van der Waals surface area (Å²) in [5, 5.41) is 7.44. The van der Waals surface area contributed by atoms with Gasteiger partial charge < -0.3 is 0 Å². The van der Waals surface area contributed by atoms with Crippen molar-refractivity contribution >= 4 is 45.5 Å². The van der Waals surface area contributed by atoms with Crippen LogP contribution in [0.2, 0.25) is 0 Å². The van der Waals surface area contributed by atoms with E-state index >= 15 is 0 Å². The first kappa shape index (κ1) is 14.3. The Kier molecular flexibility index (Phi) is 4.38. The van der Waals surface area contributed by atoms with Gasteiger partial charge in [0, 0.05) is 15.8 Å². The predicted molar refractivity (Wildman–Crippen MR) is 91.6 cm³/mol. The summed E-state index contributed by atoms with van der Waals surface area (Å²) >= 11 is 4.73. The number of nitrogens with zero attached hydrogens (tertiary/aromatic N) is 1. The SMILES string of the molecule is CSc1ccc(C(=O)Nc2nc(-c3cccs3)cs2)cc1. The van der Waals surface area contributed by atoms with Crippen molar-refractivity contribution in [2.24, 2.45) is 0 Å². The minimum atomic E-state index is -0.130. The average molecular weight is 332 g/mol. The van der Waals surface area contributed by atoms with E-state index in [2.05, 4.69) is 10.3 Å². The Hall–Kier alpha value is -1.63. The molecule has 1 N–H and O–H groups in total. The Morgan fingerprint density at radius 2 is 2.00 bits per heavy atom. The van der Waals surface area contributed by atoms with Crippen LogP contribution in [0.5, 0.6) is 0 Å². The molecule has 0 fully saturated rings. The molecule has 0 saturated carbocycles. The molecule has 0 aliphatic carbocycles. The van der Waals surface area contributed by atoms with Gasteiger partial charge in [0.15, 0.2) is 5.13 Å². The number of thiazole rings is 1. The molecule has 2 aromatic heterocycles. The number of carbonyl (C=O) groups excluding carboxylic acids is 1. The zero-order valence-electron chi connectivity index (χ0n) is 11.2. The second kappa shape index (κ2) is 6.43. The molecule has 0 aliphatic heterocycles. The van der Waals surface area contributed by atoms with Crippen molar-refractivity contribution in [1.82, 2.24) is 4.98 Å². The fourth-order valence-electron chi connectivity index (χ4n) is 1.78. The zero-order valence-corrected chi connectivity index (χ0v) is 13.6. The van der Waals surface area contributed by atoms with E-state index in [1.165, 1.54) is 11.3 Å². The molecule has 0 radical (unpaired) electrons. The number of amides is 1. The normalized spacial score (nSPS) is 10.5. The first-order chi connectivity index (χ1) is 10.3.